The van der Waals surface area contributed by atoms with Crippen molar-refractivity contribution in [3.63, 3.8) is 0 Å². The van der Waals surface area contributed by atoms with E-state index >= 15 is 0 Å². The predicted octanol–water partition coefficient (Wildman–Crippen LogP) is 3.66. The van der Waals surface area contributed by atoms with E-state index in [0.717, 1.165) is 43.1 Å². The van der Waals surface area contributed by atoms with Gasteiger partial charge < -0.3 is 15.0 Å². The highest BCUT2D eigenvalue weighted by molar-refractivity contribution is 5.77. The highest BCUT2D eigenvalue weighted by atomic mass is 16.5. The van der Waals surface area contributed by atoms with Crippen molar-refractivity contribution in [3.8, 4) is 0 Å². The zero-order valence-electron chi connectivity index (χ0n) is 18.5. The third-order valence-corrected chi connectivity index (χ3v) is 5.39. The van der Waals surface area contributed by atoms with Gasteiger partial charge in [0, 0.05) is 31.3 Å². The summed E-state index contributed by atoms with van der Waals surface area (Å²) in [6.07, 6.45) is 4.60. The molecule has 1 aliphatic heterocycles. The van der Waals surface area contributed by atoms with Crippen molar-refractivity contribution >= 4 is 11.9 Å². The lowest BCUT2D eigenvalue weighted by molar-refractivity contribution is -0.123. The van der Waals surface area contributed by atoms with Gasteiger partial charge in [0.2, 0.25) is 11.9 Å². The van der Waals surface area contributed by atoms with Crippen LogP contribution in [0.1, 0.15) is 78.6 Å². The molecule has 156 valence electrons. The molecule has 3 atom stereocenters. The molecule has 2 aliphatic rings. The van der Waals surface area contributed by atoms with E-state index in [1.807, 2.05) is 6.20 Å². The number of carbonyl (C=O) groups excluding carboxylic acids is 1. The number of amides is 1. The quantitative estimate of drug-likeness (QED) is 0.856. The van der Waals surface area contributed by atoms with Crippen molar-refractivity contribution in [1.82, 2.24) is 15.3 Å². The van der Waals surface area contributed by atoms with Crippen LogP contribution in [-0.4, -0.2) is 41.2 Å². The third kappa shape index (κ3) is 5.22. The van der Waals surface area contributed by atoms with E-state index in [2.05, 4.69) is 63.7 Å². The maximum atomic E-state index is 12.6. The van der Waals surface area contributed by atoms with Gasteiger partial charge >= 0.3 is 0 Å². The van der Waals surface area contributed by atoms with E-state index in [1.165, 1.54) is 0 Å². The molecular weight excluding hydrogens is 352 g/mol. The number of ether oxygens (including phenoxy) is 1. The van der Waals surface area contributed by atoms with Crippen LogP contribution < -0.4 is 10.2 Å². The van der Waals surface area contributed by atoms with Crippen LogP contribution in [0.25, 0.3) is 0 Å². The minimum atomic E-state index is -0.0266. The molecule has 28 heavy (non-hydrogen) atoms. The van der Waals surface area contributed by atoms with Gasteiger partial charge in [-0.25, -0.2) is 9.97 Å². The first kappa shape index (κ1) is 21.0. The SMILES string of the molecule is C[C@@H]1CN(c2ncc3c(n2)CC(C)(C)C[C@@H]3NC(=O)CC(C)(C)C)C[C@@H](C)O1. The molecule has 1 amide bonds. The molecule has 1 saturated heterocycles. The molecular formula is C22H36N4O2. The van der Waals surface area contributed by atoms with Gasteiger partial charge in [0.15, 0.2) is 0 Å². The number of anilines is 1. The van der Waals surface area contributed by atoms with Crippen LogP contribution >= 0.6 is 0 Å². The van der Waals surface area contributed by atoms with E-state index < -0.39 is 0 Å². The molecule has 1 aromatic rings. The molecule has 0 radical (unpaired) electrons. The molecule has 6 heteroatoms. The molecule has 1 N–H and O–H groups in total. The summed E-state index contributed by atoms with van der Waals surface area (Å²) in [6.45, 7) is 16.5. The second-order valence-corrected chi connectivity index (χ2v) is 10.6. The van der Waals surface area contributed by atoms with Gasteiger partial charge in [0.05, 0.1) is 23.9 Å². The lowest BCUT2D eigenvalue weighted by Gasteiger charge is -2.38. The monoisotopic (exact) mass is 388 g/mol. The summed E-state index contributed by atoms with van der Waals surface area (Å²) in [6, 6.07) is -0.0230. The molecule has 1 aliphatic carbocycles. The van der Waals surface area contributed by atoms with Crippen LogP contribution in [0.5, 0.6) is 0 Å². The van der Waals surface area contributed by atoms with Gasteiger partial charge in [-0.2, -0.15) is 0 Å². The van der Waals surface area contributed by atoms with Crippen LogP contribution in [0, 0.1) is 10.8 Å². The molecule has 6 nitrogen and oxygen atoms in total. The molecule has 0 aromatic carbocycles. The average Bonchev–Trinajstić information content (AvgIpc) is 2.50. The van der Waals surface area contributed by atoms with Gasteiger partial charge in [-0.05, 0) is 37.5 Å². The highest BCUT2D eigenvalue weighted by Gasteiger charge is 2.35. The highest BCUT2D eigenvalue weighted by Crippen LogP contribution is 2.40. The van der Waals surface area contributed by atoms with Gasteiger partial charge in [-0.3, -0.25) is 4.79 Å². The van der Waals surface area contributed by atoms with Crippen molar-refractivity contribution in [2.45, 2.75) is 86.0 Å². The first-order chi connectivity index (χ1) is 12.9. The Morgan fingerprint density at radius 2 is 1.93 bits per heavy atom. The van der Waals surface area contributed by atoms with Gasteiger partial charge in [0.1, 0.15) is 0 Å². The number of hydrogen-bond donors (Lipinski definition) is 1. The lowest BCUT2D eigenvalue weighted by atomic mass is 9.74. The van der Waals surface area contributed by atoms with Crippen molar-refractivity contribution in [3.05, 3.63) is 17.5 Å². The molecule has 3 rings (SSSR count). The number of fused-ring (bicyclic) bond motifs is 1. The maximum absolute atomic E-state index is 12.6. The van der Waals surface area contributed by atoms with Crippen LogP contribution in [0.4, 0.5) is 5.95 Å². The molecule has 0 unspecified atom stereocenters. The maximum Gasteiger partial charge on any atom is 0.225 e. The number of aromatic nitrogens is 2. The molecule has 0 saturated carbocycles. The number of nitrogens with zero attached hydrogens (tertiary/aromatic N) is 3. The first-order valence-corrected chi connectivity index (χ1v) is 10.5. The van der Waals surface area contributed by atoms with Crippen LogP contribution in [-0.2, 0) is 16.0 Å². The number of nitrogens with one attached hydrogen (secondary N) is 1. The van der Waals surface area contributed by atoms with Gasteiger partial charge in [0.25, 0.3) is 0 Å². The van der Waals surface area contributed by atoms with Gasteiger partial charge in [-0.15, -0.1) is 0 Å². The van der Waals surface area contributed by atoms with Gasteiger partial charge in [-0.1, -0.05) is 34.6 Å². The summed E-state index contributed by atoms with van der Waals surface area (Å²) < 4.78 is 5.84. The fourth-order valence-electron chi connectivity index (χ4n) is 4.39. The van der Waals surface area contributed by atoms with E-state index in [9.17, 15) is 4.79 Å². The molecule has 2 heterocycles. The normalized spacial score (nSPS) is 27.2. The van der Waals surface area contributed by atoms with Crippen molar-refractivity contribution < 1.29 is 9.53 Å². The second-order valence-electron chi connectivity index (χ2n) is 10.6. The van der Waals surface area contributed by atoms with Crippen molar-refractivity contribution in [2.75, 3.05) is 18.0 Å². The lowest BCUT2D eigenvalue weighted by Crippen LogP contribution is -2.46. The Morgan fingerprint density at radius 1 is 1.29 bits per heavy atom. The van der Waals surface area contributed by atoms with Crippen LogP contribution in [0.15, 0.2) is 6.20 Å². The van der Waals surface area contributed by atoms with E-state index in [4.69, 9.17) is 9.72 Å². The first-order valence-electron chi connectivity index (χ1n) is 10.5. The molecule has 1 fully saturated rings. The van der Waals surface area contributed by atoms with Crippen LogP contribution in [0.3, 0.4) is 0 Å². The summed E-state index contributed by atoms with van der Waals surface area (Å²) in [5.74, 6) is 0.874. The largest absolute Gasteiger partial charge is 0.372 e. The summed E-state index contributed by atoms with van der Waals surface area (Å²) in [5.41, 5.74) is 2.19. The second kappa shape index (κ2) is 7.62. The van der Waals surface area contributed by atoms with E-state index in [0.29, 0.717) is 6.42 Å². The number of morpholine rings is 1. The summed E-state index contributed by atoms with van der Waals surface area (Å²) in [7, 11) is 0. The Kier molecular flexibility index (Phi) is 5.72. The fourth-order valence-corrected chi connectivity index (χ4v) is 4.39. The Labute approximate surface area is 169 Å². The predicted molar refractivity (Wildman–Crippen MR) is 111 cm³/mol. The standard InChI is InChI=1S/C22H36N4O2/c1-14-12-26(13-15(2)28-14)20-23-11-16-17(24-19(27)10-21(3,4)5)8-22(6,7)9-18(16)25-20/h11,14-15,17H,8-10,12-13H2,1-7H3,(H,24,27)/t14-,15-,17+/m1/s1. The third-order valence-electron chi connectivity index (χ3n) is 5.39. The Balaban J connectivity index is 1.83. The van der Waals surface area contributed by atoms with Crippen LogP contribution in [0.2, 0.25) is 0 Å². The minimum Gasteiger partial charge on any atom is -0.372 e. The zero-order valence-corrected chi connectivity index (χ0v) is 18.5. The topological polar surface area (TPSA) is 67.4 Å². The summed E-state index contributed by atoms with van der Waals surface area (Å²) in [4.78, 5) is 24.4. The Bertz CT molecular complexity index is 716. The fraction of sp³-hybridized carbons (Fsp3) is 0.773. The van der Waals surface area contributed by atoms with Crippen molar-refractivity contribution in [1.29, 1.82) is 0 Å². The average molecular weight is 389 g/mol. The smallest absolute Gasteiger partial charge is 0.225 e. The molecule has 0 spiro atoms. The number of rotatable bonds is 3. The Hall–Kier alpha value is -1.69. The summed E-state index contributed by atoms with van der Waals surface area (Å²) in [5, 5.41) is 3.25. The molecule has 0 bridgehead atoms. The Morgan fingerprint density at radius 3 is 2.54 bits per heavy atom. The van der Waals surface area contributed by atoms with Crippen molar-refractivity contribution in [2.24, 2.45) is 10.8 Å². The number of hydrogen-bond acceptors (Lipinski definition) is 5. The van der Waals surface area contributed by atoms with E-state index in [-0.39, 0.29) is 35.0 Å². The number of carbonyl (C=O) groups is 1. The minimum absolute atomic E-state index is 0.0230. The molecule has 1 aromatic heterocycles. The zero-order chi connectivity index (χ0) is 20.7. The summed E-state index contributed by atoms with van der Waals surface area (Å²) >= 11 is 0. The van der Waals surface area contributed by atoms with E-state index in [1.54, 1.807) is 0 Å².